The van der Waals surface area contributed by atoms with E-state index in [4.69, 9.17) is 29.1 Å². The van der Waals surface area contributed by atoms with Crippen LogP contribution in [0.2, 0.25) is 0 Å². The Morgan fingerprint density at radius 3 is 1.67 bits per heavy atom. The Bertz CT molecular complexity index is 3170. The van der Waals surface area contributed by atoms with Crippen LogP contribution in [0.4, 0.5) is 0 Å². The second kappa shape index (κ2) is 8.72. The Hall–Kier alpha value is -5.14. The van der Waals surface area contributed by atoms with E-state index in [0.717, 1.165) is 0 Å². The van der Waals surface area contributed by atoms with Crippen molar-refractivity contribution in [3.63, 3.8) is 0 Å². The van der Waals surface area contributed by atoms with Crippen molar-refractivity contribution in [3.8, 4) is 33.4 Å². The molecule has 0 atom stereocenters. The molecule has 1 heterocycles. The van der Waals surface area contributed by atoms with Crippen molar-refractivity contribution in [1.29, 1.82) is 0 Å². The molecule has 0 bridgehead atoms. The summed E-state index contributed by atoms with van der Waals surface area (Å²) in [6.07, 6.45) is 0. The van der Waals surface area contributed by atoms with Gasteiger partial charge in [-0.1, -0.05) is 127 Å². The molecule has 0 N–H and O–H groups in total. The Morgan fingerprint density at radius 2 is 0.974 bits per heavy atom. The minimum atomic E-state index is -0.803. The fraction of sp³-hybridized carbons (Fsp3) is 0. The summed E-state index contributed by atoms with van der Waals surface area (Å²) >= 11 is 0. The third kappa shape index (κ3) is 3.41. The molecule has 0 unspecified atom stereocenters. The Morgan fingerprint density at radius 1 is 0.436 bits per heavy atom. The van der Waals surface area contributed by atoms with Gasteiger partial charge >= 0.3 is 0 Å². The molecule has 0 saturated heterocycles. The molecule has 7 aromatic carbocycles. The van der Waals surface area contributed by atoms with Gasteiger partial charge in [0.2, 0.25) is 0 Å². The summed E-state index contributed by atoms with van der Waals surface area (Å²) in [6, 6.07) is -8.24. The number of hydrogen-bond donors (Lipinski definition) is 0. The summed E-state index contributed by atoms with van der Waals surface area (Å²) in [7, 11) is 0. The van der Waals surface area contributed by atoms with E-state index in [-0.39, 0.29) is 55.0 Å². The van der Waals surface area contributed by atoms with Gasteiger partial charge in [0.15, 0.2) is 0 Å². The first-order chi connectivity index (χ1) is 27.7. The van der Waals surface area contributed by atoms with Crippen molar-refractivity contribution in [2.24, 2.45) is 0 Å². The fourth-order valence-electron chi connectivity index (χ4n) is 4.95. The van der Waals surface area contributed by atoms with Crippen molar-refractivity contribution in [1.82, 2.24) is 0 Å². The predicted molar refractivity (Wildman–Crippen MR) is 165 cm³/mol. The molecule has 39 heavy (non-hydrogen) atoms. The second-order valence-electron chi connectivity index (χ2n) is 8.59. The number of furan rings is 1. The molecule has 8 rings (SSSR count). The molecule has 1 nitrogen and oxygen atoms in total. The van der Waals surface area contributed by atoms with Crippen LogP contribution in [0.25, 0.3) is 76.9 Å². The molecule has 0 aliphatic rings. The van der Waals surface area contributed by atoms with Crippen molar-refractivity contribution >= 4 is 43.5 Å². The molecule has 182 valence electrons. The van der Waals surface area contributed by atoms with Crippen molar-refractivity contribution in [2.45, 2.75) is 0 Å². The molecular formula is C38H24O. The molecule has 0 saturated carbocycles. The van der Waals surface area contributed by atoms with E-state index < -0.39 is 143 Å². The number of para-hydroxylation sites is 1. The van der Waals surface area contributed by atoms with E-state index in [9.17, 15) is 2.74 Å². The fourth-order valence-corrected chi connectivity index (χ4v) is 4.95. The maximum absolute atomic E-state index is 9.22. The zero-order valence-corrected chi connectivity index (χ0v) is 19.7. The van der Waals surface area contributed by atoms with Gasteiger partial charge in [-0.15, -0.1) is 0 Å². The second-order valence-corrected chi connectivity index (χ2v) is 8.59. The summed E-state index contributed by atoms with van der Waals surface area (Å²) < 4.78 is 180. The first-order valence-corrected chi connectivity index (χ1v) is 11.7. The number of fused-ring (bicyclic) bond motifs is 5. The minimum absolute atomic E-state index is 0.0314. The van der Waals surface area contributed by atoms with Gasteiger partial charge in [-0.05, 0) is 73.1 Å². The highest BCUT2D eigenvalue weighted by molar-refractivity contribution is 6.21. The van der Waals surface area contributed by atoms with Gasteiger partial charge in [0.1, 0.15) is 11.2 Å². The third-order valence-corrected chi connectivity index (χ3v) is 6.51. The van der Waals surface area contributed by atoms with Crippen molar-refractivity contribution in [2.75, 3.05) is 0 Å². The Kier molecular flexibility index (Phi) is 2.21. The molecule has 1 aromatic heterocycles. The highest BCUT2D eigenvalue weighted by Crippen LogP contribution is 2.44. The van der Waals surface area contributed by atoms with Crippen molar-refractivity contribution < 1.29 is 31.8 Å². The predicted octanol–water partition coefficient (Wildman–Crippen LogP) is 10.9. The molecule has 1 heteroatoms. The maximum atomic E-state index is 9.22. The largest absolute Gasteiger partial charge is 0.456 e. The van der Waals surface area contributed by atoms with Crippen LogP contribution < -0.4 is 0 Å². The molecule has 0 aliphatic heterocycles. The molecule has 0 aliphatic carbocycles. The maximum Gasteiger partial charge on any atom is 0.136 e. The molecule has 8 aromatic rings. The topological polar surface area (TPSA) is 13.1 Å². The quantitative estimate of drug-likeness (QED) is 0.213. The first-order valence-electron chi connectivity index (χ1n) is 21.7. The van der Waals surface area contributed by atoms with Gasteiger partial charge in [0, 0.05) is 10.8 Å². The normalized spacial score (nSPS) is 18.8. The SMILES string of the molecule is [2H]c1c([2H])c([2H])c(-c2c3c([2H])c([2H])c([2H])c([2H])c3c(-c3cccc(-c4c([2H])c([2H])c([2H])c5oc6c([2H])c([2H])c([2H])c([2H])c6c45)c3)c3c([2H])c([2H])c([2H])c([2H])c23)c([2H])c1[2H]. The van der Waals surface area contributed by atoms with Gasteiger partial charge in [-0.3, -0.25) is 0 Å². The average molecular weight is 517 g/mol. The van der Waals surface area contributed by atoms with Crippen LogP contribution in [0.3, 0.4) is 0 Å². The molecular weight excluding hydrogens is 472 g/mol. The van der Waals surface area contributed by atoms with Crippen LogP contribution >= 0.6 is 0 Å². The lowest BCUT2D eigenvalue weighted by Gasteiger charge is -2.18. The van der Waals surface area contributed by atoms with Crippen LogP contribution in [0.15, 0.2) is 150 Å². The minimum Gasteiger partial charge on any atom is -0.456 e. The van der Waals surface area contributed by atoms with Crippen LogP contribution in [-0.4, -0.2) is 0 Å². The van der Waals surface area contributed by atoms with Gasteiger partial charge in [-0.25, -0.2) is 0 Å². The van der Waals surface area contributed by atoms with Gasteiger partial charge in [-0.2, -0.15) is 0 Å². The molecule has 0 radical (unpaired) electrons. The van der Waals surface area contributed by atoms with E-state index >= 15 is 0 Å². The highest BCUT2D eigenvalue weighted by Gasteiger charge is 2.17. The smallest absolute Gasteiger partial charge is 0.136 e. The number of hydrogen-bond acceptors (Lipinski definition) is 1. The lowest BCUT2D eigenvalue weighted by Crippen LogP contribution is -1.91. The zero-order valence-electron chi connectivity index (χ0n) is 39.7. The zero-order chi connectivity index (χ0) is 43.2. The van der Waals surface area contributed by atoms with E-state index in [1.54, 1.807) is 0 Å². The Labute approximate surface area is 254 Å². The Balaban J connectivity index is 1.63. The molecule has 0 amide bonds. The third-order valence-electron chi connectivity index (χ3n) is 6.51. The first kappa shape index (κ1) is 9.87. The van der Waals surface area contributed by atoms with Crippen LogP contribution in [-0.2, 0) is 0 Å². The number of benzene rings is 7. The van der Waals surface area contributed by atoms with Crippen LogP contribution in [0.1, 0.15) is 27.4 Å². The lowest BCUT2D eigenvalue weighted by molar-refractivity contribution is 0.669. The monoisotopic (exact) mass is 516 g/mol. The summed E-state index contributed by atoms with van der Waals surface area (Å²) in [5.41, 5.74) is -1.84. The van der Waals surface area contributed by atoms with E-state index in [2.05, 4.69) is 0 Å². The summed E-state index contributed by atoms with van der Waals surface area (Å²) in [5, 5.41) is -1.77. The standard InChI is InChI=1S/C38H24O/c1-2-12-25(13-3-1)36-29-16-4-6-18-31(29)37(32-19-7-5-17-30(32)36)27-15-10-14-26(24-27)28-21-11-23-35-38(28)33-20-8-9-22-34(33)39-35/h1-24H/i1D,2D,3D,4D,5D,6D,7D,8D,9D,11D,12D,13D,16D,17D,18D,19D,20D,21D,22D,23D. The van der Waals surface area contributed by atoms with Crippen LogP contribution in [0, 0.1) is 0 Å². The van der Waals surface area contributed by atoms with Crippen LogP contribution in [0.5, 0.6) is 0 Å². The van der Waals surface area contributed by atoms with E-state index in [1.165, 1.54) is 24.3 Å². The highest BCUT2D eigenvalue weighted by atomic mass is 16.3. The summed E-state index contributed by atoms with van der Waals surface area (Å²) in [6.45, 7) is 0. The summed E-state index contributed by atoms with van der Waals surface area (Å²) in [4.78, 5) is 0. The lowest BCUT2D eigenvalue weighted by atomic mass is 9.85. The van der Waals surface area contributed by atoms with Gasteiger partial charge in [0.25, 0.3) is 0 Å². The molecule has 0 fully saturated rings. The van der Waals surface area contributed by atoms with Crippen molar-refractivity contribution in [3.05, 3.63) is 145 Å². The van der Waals surface area contributed by atoms with E-state index in [1.807, 2.05) is 0 Å². The van der Waals surface area contributed by atoms with Gasteiger partial charge in [0.05, 0.1) is 27.4 Å². The molecule has 0 spiro atoms. The summed E-state index contributed by atoms with van der Waals surface area (Å²) in [5.74, 6) is 0. The van der Waals surface area contributed by atoms with E-state index in [0.29, 0.717) is 0 Å². The van der Waals surface area contributed by atoms with Gasteiger partial charge < -0.3 is 4.42 Å². The average Bonchev–Trinajstić information content (AvgIpc) is 3.62. The number of rotatable bonds is 3.